The summed E-state index contributed by atoms with van der Waals surface area (Å²) in [5, 5.41) is 11.0. The first-order valence-electron chi connectivity index (χ1n) is 20.4. The maximum absolute atomic E-state index is 14.8. The lowest BCUT2D eigenvalue weighted by Gasteiger charge is -2.36. The van der Waals surface area contributed by atoms with Crippen LogP contribution >= 0.6 is 18.7 Å². The largest absolute Gasteiger partial charge is 0.510 e. The van der Waals surface area contributed by atoms with Gasteiger partial charge in [-0.25, -0.2) is 19.6 Å². The molecule has 19 heteroatoms. The number of carbonyl (C=O) groups excluding carboxylic acids is 4. The lowest BCUT2D eigenvalue weighted by atomic mass is 9.85. The minimum Gasteiger partial charge on any atom is -0.497 e. The summed E-state index contributed by atoms with van der Waals surface area (Å²) < 4.78 is 47.1. The summed E-state index contributed by atoms with van der Waals surface area (Å²) in [4.78, 5) is 65.4. The average Bonchev–Trinajstić information content (AvgIpc) is 3.60. The maximum Gasteiger partial charge on any atom is 0.510 e. The van der Waals surface area contributed by atoms with E-state index in [1.165, 1.54) is 22.9 Å². The molecule has 3 N–H and O–H groups in total. The first-order chi connectivity index (χ1) is 28.9. The Morgan fingerprint density at radius 1 is 1.08 bits per heavy atom. The topological polar surface area (TPSA) is 206 Å². The number of nitrogens with one attached hydrogen (secondary N) is 3. The van der Waals surface area contributed by atoms with E-state index in [1.807, 2.05) is 46.1 Å². The Labute approximate surface area is 360 Å². The number of methoxy groups -OCH3 is 2. The highest BCUT2D eigenvalue weighted by atomic mass is 32.1. The predicted octanol–water partition coefficient (Wildman–Crippen LogP) is 7.30. The molecule has 17 nitrogen and oxygen atoms in total. The summed E-state index contributed by atoms with van der Waals surface area (Å²) in [7, 11) is -1.06. The van der Waals surface area contributed by atoms with Crippen molar-refractivity contribution in [2.75, 3.05) is 39.5 Å². The van der Waals surface area contributed by atoms with Crippen LogP contribution in [0.1, 0.15) is 73.1 Å². The Morgan fingerprint density at radius 2 is 1.82 bits per heavy atom. The highest BCUT2D eigenvalue weighted by Gasteiger charge is 2.65. The molecule has 332 valence electrons. The van der Waals surface area contributed by atoms with Crippen molar-refractivity contribution in [3.63, 3.8) is 0 Å². The lowest BCUT2D eigenvalue weighted by Crippen LogP contribution is -2.58. The van der Waals surface area contributed by atoms with Gasteiger partial charge in [-0.1, -0.05) is 26.8 Å². The van der Waals surface area contributed by atoms with Crippen LogP contribution in [0.4, 0.5) is 14.7 Å². The summed E-state index contributed by atoms with van der Waals surface area (Å²) in [5.41, 5.74) is 0.942. The molecule has 3 heterocycles. The number of carbonyl (C=O) groups is 4. The summed E-state index contributed by atoms with van der Waals surface area (Å²) in [6.45, 7) is 14.0. The van der Waals surface area contributed by atoms with Crippen LogP contribution in [0, 0.1) is 11.3 Å². The van der Waals surface area contributed by atoms with Crippen LogP contribution in [-0.2, 0) is 32.9 Å². The van der Waals surface area contributed by atoms with Gasteiger partial charge in [-0.2, -0.15) is 0 Å². The van der Waals surface area contributed by atoms with E-state index in [4.69, 9.17) is 33.4 Å². The second kappa shape index (κ2) is 18.6. The average molecular weight is 885 g/mol. The molecule has 6 atom stereocenters. The maximum atomic E-state index is 14.8. The normalized spacial score (nSPS) is 22.8. The molecule has 1 aliphatic heterocycles. The first kappa shape index (κ1) is 45.6. The zero-order valence-corrected chi connectivity index (χ0v) is 37.7. The molecule has 1 aromatic carbocycles. The van der Waals surface area contributed by atoms with Crippen molar-refractivity contribution in [2.24, 2.45) is 11.3 Å². The Balaban J connectivity index is 1.33. The molecule has 6 rings (SSSR count). The van der Waals surface area contributed by atoms with Crippen LogP contribution in [0.15, 0.2) is 42.3 Å². The van der Waals surface area contributed by atoms with Crippen LogP contribution in [0.3, 0.4) is 0 Å². The van der Waals surface area contributed by atoms with Gasteiger partial charge in [0, 0.05) is 47.9 Å². The summed E-state index contributed by atoms with van der Waals surface area (Å²) in [6.07, 6.45) is 2.54. The fourth-order valence-corrected chi connectivity index (χ4v) is 10.7. The summed E-state index contributed by atoms with van der Waals surface area (Å²) in [5.74, 6) is -0.543. The number of hydrogen-bond donors (Lipinski definition) is 3. The standard InChI is InChI=1S/C42H57N6O11PS/c1-10-25-20-42(25,60(9,53)57-23-56-40(52)55-8)47-36(49)33-18-28(21-48(33)37(50)35(41(4,5)6)46-39(51)59-26-13-11-12-14-26)58-34-19-31(32-22-61-38(45-32)43-24(2)3)44-30-17-27(54-7)15-16-29(30)34/h10,15-17,19,22,24-26,28,33,35H,1,11-14,18,20-21,23H2,2-9H3,(H,43,45)(H,46,51)(H,47,49)/t25-,28-,33+,35-,42+,60?/m1/s1. The van der Waals surface area contributed by atoms with Crippen LogP contribution in [0.2, 0.25) is 0 Å². The number of benzene rings is 1. The van der Waals surface area contributed by atoms with E-state index in [-0.39, 0.29) is 31.5 Å². The van der Waals surface area contributed by atoms with Crippen LogP contribution < -0.4 is 25.4 Å². The second-order valence-electron chi connectivity index (χ2n) is 17.1. The SMILES string of the molecule is C=C[C@@H]1C[C@]1(NC(=O)[C@@H]1C[C@@H](Oc2cc(-c3csc(NC(C)C)n3)nc3cc(OC)ccc23)CN1C(=O)[C@@H](NC(=O)OC1CCCC1)C(C)(C)C)P(C)(=O)OCOC(=O)OC. The van der Waals surface area contributed by atoms with Crippen molar-refractivity contribution in [1.29, 1.82) is 0 Å². The fourth-order valence-electron chi connectivity index (χ4n) is 7.83. The Bertz CT molecular complexity index is 2170. The van der Waals surface area contributed by atoms with Crippen LogP contribution in [0.5, 0.6) is 11.5 Å². The van der Waals surface area contributed by atoms with E-state index in [9.17, 15) is 23.7 Å². The number of rotatable bonds is 16. The van der Waals surface area contributed by atoms with Gasteiger partial charge in [0.1, 0.15) is 46.8 Å². The van der Waals surface area contributed by atoms with Crippen molar-refractivity contribution < 1.29 is 52.0 Å². The van der Waals surface area contributed by atoms with Crippen molar-refractivity contribution in [1.82, 2.24) is 25.5 Å². The molecule has 1 unspecified atom stereocenters. The van der Waals surface area contributed by atoms with E-state index < -0.39 is 73.0 Å². The molecule has 0 bridgehead atoms. The van der Waals surface area contributed by atoms with Gasteiger partial charge in [-0.15, -0.1) is 17.9 Å². The fraction of sp³-hybridized carbons (Fsp3) is 0.571. The molecule has 2 saturated carbocycles. The van der Waals surface area contributed by atoms with Gasteiger partial charge in [-0.3, -0.25) is 18.7 Å². The van der Waals surface area contributed by atoms with Gasteiger partial charge in [0.05, 0.1) is 32.0 Å². The number of likely N-dealkylation sites (tertiary alicyclic amines) is 1. The van der Waals surface area contributed by atoms with Crippen molar-refractivity contribution in [3.05, 3.63) is 42.3 Å². The van der Waals surface area contributed by atoms with Crippen LogP contribution in [-0.4, -0.2) is 109 Å². The number of alkyl carbamates (subject to hydrolysis) is 1. The summed E-state index contributed by atoms with van der Waals surface area (Å²) in [6, 6.07) is 5.15. The third kappa shape index (κ3) is 10.4. The van der Waals surface area contributed by atoms with Gasteiger partial charge < -0.3 is 44.5 Å². The molecule has 3 aromatic rings. The molecular weight excluding hydrogens is 828 g/mol. The van der Waals surface area contributed by atoms with E-state index in [2.05, 4.69) is 27.3 Å². The highest BCUT2D eigenvalue weighted by molar-refractivity contribution is 7.60. The quantitative estimate of drug-likeness (QED) is 0.0559. The smallest absolute Gasteiger partial charge is 0.497 e. The van der Waals surface area contributed by atoms with E-state index >= 15 is 0 Å². The molecular formula is C42H57N6O11PS. The van der Waals surface area contributed by atoms with Crippen molar-refractivity contribution in [3.8, 4) is 22.9 Å². The molecule has 2 aromatic heterocycles. The predicted molar refractivity (Wildman–Crippen MR) is 230 cm³/mol. The van der Waals surface area contributed by atoms with Gasteiger partial charge in [-0.05, 0) is 63.5 Å². The number of anilines is 1. The molecule has 3 fully saturated rings. The van der Waals surface area contributed by atoms with E-state index in [0.29, 0.717) is 33.8 Å². The summed E-state index contributed by atoms with van der Waals surface area (Å²) >= 11 is 1.45. The second-order valence-corrected chi connectivity index (χ2v) is 20.7. The molecule has 0 spiro atoms. The van der Waals surface area contributed by atoms with Crippen molar-refractivity contribution in [2.45, 2.75) is 109 Å². The molecule has 0 radical (unpaired) electrons. The number of fused-ring (bicyclic) bond motifs is 1. The molecule has 61 heavy (non-hydrogen) atoms. The van der Waals surface area contributed by atoms with Crippen molar-refractivity contribution >= 4 is 58.8 Å². The third-order valence-electron chi connectivity index (χ3n) is 11.2. The zero-order chi connectivity index (χ0) is 44.3. The minimum atomic E-state index is -3.76. The van der Waals surface area contributed by atoms with Gasteiger partial charge >= 0.3 is 12.2 Å². The first-order valence-corrected chi connectivity index (χ1v) is 23.4. The van der Waals surface area contributed by atoms with Crippen LogP contribution in [0.25, 0.3) is 22.3 Å². The Kier molecular flexibility index (Phi) is 13.9. The number of amides is 3. The number of aromatic nitrogens is 2. The van der Waals surface area contributed by atoms with Gasteiger partial charge in [0.15, 0.2) is 5.13 Å². The number of hydrogen-bond acceptors (Lipinski definition) is 15. The van der Waals surface area contributed by atoms with E-state index in [0.717, 1.165) is 37.9 Å². The monoisotopic (exact) mass is 884 g/mol. The zero-order valence-electron chi connectivity index (χ0n) is 36.0. The molecule has 2 aliphatic carbocycles. The lowest BCUT2D eigenvalue weighted by molar-refractivity contribution is -0.142. The van der Waals surface area contributed by atoms with Gasteiger partial charge in [0.2, 0.25) is 26.0 Å². The minimum absolute atomic E-state index is 0.0323. The Morgan fingerprint density at radius 3 is 2.46 bits per heavy atom. The Hall–Kier alpha value is -4.93. The number of thiazole rings is 1. The molecule has 3 aliphatic rings. The molecule has 3 amide bonds. The molecule has 1 saturated heterocycles. The number of pyridine rings is 1. The highest BCUT2D eigenvalue weighted by Crippen LogP contribution is 2.70. The van der Waals surface area contributed by atoms with Gasteiger partial charge in [0.25, 0.3) is 0 Å². The number of ether oxygens (including phenoxy) is 5. The number of nitrogens with zero attached hydrogens (tertiary/aromatic N) is 3. The third-order valence-corrected chi connectivity index (χ3v) is 14.7. The van der Waals surface area contributed by atoms with E-state index in [1.54, 1.807) is 31.4 Å².